The predicted molar refractivity (Wildman–Crippen MR) is 56.4 cm³/mol. The fourth-order valence-corrected chi connectivity index (χ4v) is 2.25. The van der Waals surface area contributed by atoms with Gasteiger partial charge in [0.15, 0.2) is 0 Å². The molecule has 0 saturated heterocycles. The molecule has 0 nitrogen and oxygen atoms in total. The third-order valence-electron chi connectivity index (χ3n) is 3.14. The molecule has 16 heavy (non-hydrogen) atoms. The van der Waals surface area contributed by atoms with Crippen LogP contribution in [0.5, 0.6) is 0 Å². The van der Waals surface area contributed by atoms with Gasteiger partial charge in [-0.2, -0.15) is 0 Å². The fraction of sp³-hybridized carbons (Fsp3) is 0.455. The molecule has 0 atom stereocenters. The van der Waals surface area contributed by atoms with Crippen LogP contribution in [0.3, 0.4) is 0 Å². The van der Waals surface area contributed by atoms with E-state index in [0.29, 0.717) is 5.92 Å². The zero-order valence-electron chi connectivity index (χ0n) is 9.43. The zero-order valence-corrected chi connectivity index (χ0v) is 12.5. The molecule has 0 aromatic heterocycles. The molecule has 1 aromatic carbocycles. The third-order valence-corrected chi connectivity index (χ3v) is 3.14. The Kier molecular flexibility index (Phi) is 5.58. The van der Waals surface area contributed by atoms with Crippen LogP contribution < -0.4 is 56.8 Å². The Balaban J connectivity index is 0.00000128. The van der Waals surface area contributed by atoms with Crippen molar-refractivity contribution in [3.63, 3.8) is 0 Å². The molecule has 0 spiro atoms. The first-order chi connectivity index (χ1) is 7.07. The van der Waals surface area contributed by atoms with Crippen molar-refractivity contribution in [2.24, 2.45) is 0 Å². The van der Waals surface area contributed by atoms with Gasteiger partial charge < -0.3 is 12.9 Å². The minimum Gasteiger partial charge on any atom is -0.445 e. The molecule has 1 fully saturated rings. The minimum absolute atomic E-state index is 0. The van der Waals surface area contributed by atoms with Crippen molar-refractivity contribution in [2.75, 3.05) is 0 Å². The third kappa shape index (κ3) is 3.60. The molecule has 1 aromatic rings. The first-order valence-electron chi connectivity index (χ1n) is 5.37. The minimum atomic E-state index is -4.84. The van der Waals surface area contributed by atoms with Crippen LogP contribution in [0.15, 0.2) is 24.3 Å². The quantitative estimate of drug-likeness (QED) is 0.668. The summed E-state index contributed by atoms with van der Waals surface area (Å²) in [5, 5.41) is 0. The van der Waals surface area contributed by atoms with Crippen molar-refractivity contribution < 1.29 is 64.3 Å². The molecule has 0 unspecified atom stereocenters. The van der Waals surface area contributed by atoms with Crippen LogP contribution in [-0.4, -0.2) is 6.98 Å². The van der Waals surface area contributed by atoms with Gasteiger partial charge in [-0.05, 0) is 24.3 Å². The summed E-state index contributed by atoms with van der Waals surface area (Å²) in [6.07, 6.45) is 4.65. The summed E-state index contributed by atoms with van der Waals surface area (Å²) < 4.78 is 37.1. The summed E-state index contributed by atoms with van der Waals surface area (Å²) in [5.74, 6) is 0.486. The molecule has 0 amide bonds. The molecule has 1 saturated carbocycles. The topological polar surface area (TPSA) is 0 Å². The van der Waals surface area contributed by atoms with Gasteiger partial charge in [0, 0.05) is 0 Å². The van der Waals surface area contributed by atoms with Gasteiger partial charge in [0.25, 0.3) is 0 Å². The Morgan fingerprint density at radius 1 is 0.938 bits per heavy atom. The maximum absolute atomic E-state index is 12.4. The molecule has 0 heterocycles. The molecular weight excluding hydrogens is 239 g/mol. The van der Waals surface area contributed by atoms with Crippen LogP contribution in [0.25, 0.3) is 0 Å². The van der Waals surface area contributed by atoms with Crippen molar-refractivity contribution in [2.45, 2.75) is 31.6 Å². The molecule has 5 heteroatoms. The SMILES string of the molecule is F[B-](F)(F)c1ccc(C2CCCC2)cc1.[K+]. The van der Waals surface area contributed by atoms with Crippen LogP contribution >= 0.6 is 0 Å². The van der Waals surface area contributed by atoms with Crippen molar-refractivity contribution in [3.05, 3.63) is 29.8 Å². The number of halogens is 3. The molecule has 1 aliphatic carbocycles. The van der Waals surface area contributed by atoms with Gasteiger partial charge in [0.2, 0.25) is 0 Å². The van der Waals surface area contributed by atoms with Crippen molar-refractivity contribution in [1.29, 1.82) is 0 Å². The fourth-order valence-electron chi connectivity index (χ4n) is 2.25. The van der Waals surface area contributed by atoms with E-state index in [0.717, 1.165) is 18.4 Å². The van der Waals surface area contributed by atoms with Gasteiger partial charge in [0.1, 0.15) is 0 Å². The maximum atomic E-state index is 12.4. The van der Waals surface area contributed by atoms with Gasteiger partial charge in [0.05, 0.1) is 0 Å². The Morgan fingerprint density at radius 2 is 1.44 bits per heavy atom. The van der Waals surface area contributed by atoms with Crippen molar-refractivity contribution in [3.8, 4) is 0 Å². The van der Waals surface area contributed by atoms with Crippen molar-refractivity contribution >= 4 is 12.4 Å². The molecular formula is C11H13BF3K. The summed E-state index contributed by atoms with van der Waals surface area (Å²) in [6.45, 7) is -4.84. The van der Waals surface area contributed by atoms with E-state index >= 15 is 0 Å². The van der Waals surface area contributed by atoms with E-state index in [1.165, 1.54) is 25.0 Å². The van der Waals surface area contributed by atoms with E-state index in [-0.39, 0.29) is 51.4 Å². The van der Waals surface area contributed by atoms with Crippen LogP contribution in [0, 0.1) is 0 Å². The molecule has 0 radical (unpaired) electrons. The predicted octanol–water partition coefficient (Wildman–Crippen LogP) is 0.403. The second kappa shape index (κ2) is 6.05. The normalized spacial score (nSPS) is 17.2. The number of hydrogen-bond acceptors (Lipinski definition) is 0. The van der Waals surface area contributed by atoms with Gasteiger partial charge >= 0.3 is 58.4 Å². The first kappa shape index (κ1) is 14.8. The molecule has 0 aliphatic heterocycles. The molecule has 82 valence electrons. The Bertz CT molecular complexity index is 328. The Hall–Kier alpha value is 0.711. The van der Waals surface area contributed by atoms with E-state index < -0.39 is 12.4 Å². The average Bonchev–Trinajstić information content (AvgIpc) is 2.69. The van der Waals surface area contributed by atoms with E-state index in [9.17, 15) is 12.9 Å². The second-order valence-corrected chi connectivity index (χ2v) is 4.22. The molecule has 0 bridgehead atoms. The van der Waals surface area contributed by atoms with E-state index in [1.54, 1.807) is 12.1 Å². The van der Waals surface area contributed by atoms with Crippen molar-refractivity contribution in [1.82, 2.24) is 0 Å². The second-order valence-electron chi connectivity index (χ2n) is 4.22. The monoisotopic (exact) mass is 252 g/mol. The number of benzene rings is 1. The van der Waals surface area contributed by atoms with Gasteiger partial charge in [-0.3, -0.25) is 0 Å². The van der Waals surface area contributed by atoms with E-state index in [4.69, 9.17) is 0 Å². The summed E-state index contributed by atoms with van der Waals surface area (Å²) in [4.78, 5) is 0. The molecule has 1 aliphatic rings. The van der Waals surface area contributed by atoms with Crippen LogP contribution in [0.1, 0.15) is 37.2 Å². The summed E-state index contributed by atoms with van der Waals surface area (Å²) >= 11 is 0. The van der Waals surface area contributed by atoms with Gasteiger partial charge in [-0.15, -0.1) is 5.46 Å². The van der Waals surface area contributed by atoms with Gasteiger partial charge in [-0.1, -0.05) is 37.1 Å². The summed E-state index contributed by atoms with van der Waals surface area (Å²) in [7, 11) is 0. The molecule has 0 N–H and O–H groups in total. The zero-order chi connectivity index (χ0) is 10.9. The van der Waals surface area contributed by atoms with E-state index in [2.05, 4.69) is 0 Å². The van der Waals surface area contributed by atoms with E-state index in [1.807, 2.05) is 0 Å². The Morgan fingerprint density at radius 3 is 1.88 bits per heavy atom. The van der Waals surface area contributed by atoms with Crippen LogP contribution in [-0.2, 0) is 0 Å². The summed E-state index contributed by atoms with van der Waals surface area (Å²) in [5.41, 5.74) is 0.577. The number of rotatable bonds is 2. The Labute approximate surface area is 136 Å². The van der Waals surface area contributed by atoms with Gasteiger partial charge in [-0.25, -0.2) is 0 Å². The van der Waals surface area contributed by atoms with Crippen LogP contribution in [0.2, 0.25) is 0 Å². The first-order valence-corrected chi connectivity index (χ1v) is 5.37. The maximum Gasteiger partial charge on any atom is 1.00 e. The smallest absolute Gasteiger partial charge is 0.445 e. The number of hydrogen-bond donors (Lipinski definition) is 0. The largest absolute Gasteiger partial charge is 1.00 e. The standard InChI is InChI=1S/C11H13BF3.K/c13-12(14,15)11-7-5-10(6-8-11)9-3-1-2-4-9;/h5-9H,1-4H2;/q-1;+1. The average molecular weight is 252 g/mol. The molecule has 2 rings (SSSR count). The summed E-state index contributed by atoms with van der Waals surface area (Å²) in [6, 6.07) is 5.71. The van der Waals surface area contributed by atoms with Crippen LogP contribution in [0.4, 0.5) is 12.9 Å².